The van der Waals surface area contributed by atoms with Crippen molar-refractivity contribution >= 4 is 17.4 Å². The van der Waals surface area contributed by atoms with Crippen molar-refractivity contribution in [2.24, 2.45) is 0 Å². The first-order valence-corrected chi connectivity index (χ1v) is 7.14. The van der Waals surface area contributed by atoms with Crippen molar-refractivity contribution in [3.63, 3.8) is 0 Å². The average Bonchev–Trinajstić information content (AvgIpc) is 2.48. The summed E-state index contributed by atoms with van der Waals surface area (Å²) >= 11 is 5.83. The van der Waals surface area contributed by atoms with Crippen molar-refractivity contribution in [1.29, 1.82) is 0 Å². The van der Waals surface area contributed by atoms with Crippen LogP contribution in [0.5, 0.6) is 0 Å². The normalized spacial score (nSPS) is 10.6. The van der Waals surface area contributed by atoms with Crippen molar-refractivity contribution in [2.75, 3.05) is 17.3 Å². The Morgan fingerprint density at radius 2 is 1.95 bits per heavy atom. The Hall–Kier alpha value is -1.68. The van der Waals surface area contributed by atoms with E-state index in [0.717, 1.165) is 5.56 Å². The summed E-state index contributed by atoms with van der Waals surface area (Å²) in [7, 11) is 0. The highest BCUT2D eigenvalue weighted by molar-refractivity contribution is 6.18. The highest BCUT2D eigenvalue weighted by Gasteiger charge is 2.16. The number of hydrogen-bond acceptors (Lipinski definition) is 3. The van der Waals surface area contributed by atoms with Crippen LogP contribution in [-0.2, 0) is 13.0 Å². The summed E-state index contributed by atoms with van der Waals surface area (Å²) in [6.45, 7) is 2.98. The summed E-state index contributed by atoms with van der Waals surface area (Å²) in [5, 5.41) is 0. The minimum absolute atomic E-state index is 0.321. The number of rotatable bonds is 6. The van der Waals surface area contributed by atoms with E-state index in [1.54, 1.807) is 0 Å². The number of alkyl halides is 1. The Morgan fingerprint density at radius 3 is 2.60 bits per heavy atom. The molecule has 2 rings (SSSR count). The maximum atomic E-state index is 14.3. The van der Waals surface area contributed by atoms with Crippen LogP contribution in [0.3, 0.4) is 0 Å². The summed E-state index contributed by atoms with van der Waals surface area (Å²) in [5.41, 5.74) is 1.52. The molecule has 0 aliphatic carbocycles. The zero-order chi connectivity index (χ0) is 14.4. The fraction of sp³-hybridized carbons (Fsp3) is 0.333. The zero-order valence-corrected chi connectivity index (χ0v) is 12.1. The van der Waals surface area contributed by atoms with Crippen LogP contribution in [-0.4, -0.2) is 22.4 Å². The number of benzene rings is 1. The Kier molecular flexibility index (Phi) is 5.30. The van der Waals surface area contributed by atoms with Crippen LogP contribution in [0.15, 0.2) is 36.7 Å². The number of aryl methyl sites for hydroxylation is 1. The monoisotopic (exact) mass is 293 g/mol. The largest absolute Gasteiger partial charge is 0.349 e. The quantitative estimate of drug-likeness (QED) is 0.764. The molecule has 0 saturated heterocycles. The molecule has 0 aliphatic rings. The maximum Gasteiger partial charge on any atom is 0.187 e. The summed E-state index contributed by atoms with van der Waals surface area (Å²) in [4.78, 5) is 9.89. The van der Waals surface area contributed by atoms with Gasteiger partial charge in [-0.25, -0.2) is 14.4 Å². The number of nitrogens with zero attached hydrogens (tertiary/aromatic N) is 3. The van der Waals surface area contributed by atoms with Crippen LogP contribution in [0, 0.1) is 5.82 Å². The lowest BCUT2D eigenvalue weighted by Gasteiger charge is -2.23. The second-order valence-corrected chi connectivity index (χ2v) is 4.79. The molecule has 0 radical (unpaired) electrons. The summed E-state index contributed by atoms with van der Waals surface area (Å²) in [6, 6.07) is 9.88. The van der Waals surface area contributed by atoms with Gasteiger partial charge in [-0.15, -0.1) is 11.6 Å². The molecule has 0 spiro atoms. The lowest BCUT2D eigenvalue weighted by atomic mass is 10.2. The standard InChI is InChI=1S/C15H17ClFN3/c1-2-13-14(17)15(19-11-18-13)20(9-8-16)10-12-6-4-3-5-7-12/h3-7,11H,2,8-10H2,1H3. The van der Waals surface area contributed by atoms with Crippen LogP contribution in [0.2, 0.25) is 0 Å². The van der Waals surface area contributed by atoms with Gasteiger partial charge in [-0.05, 0) is 12.0 Å². The van der Waals surface area contributed by atoms with Crippen LogP contribution >= 0.6 is 11.6 Å². The van der Waals surface area contributed by atoms with Crippen molar-refractivity contribution < 1.29 is 4.39 Å². The van der Waals surface area contributed by atoms with Crippen molar-refractivity contribution in [3.8, 4) is 0 Å². The van der Waals surface area contributed by atoms with E-state index in [9.17, 15) is 4.39 Å². The fourth-order valence-corrected chi connectivity index (χ4v) is 2.23. The third-order valence-corrected chi connectivity index (χ3v) is 3.22. The third-order valence-electron chi connectivity index (χ3n) is 3.05. The molecule has 0 aliphatic heterocycles. The third kappa shape index (κ3) is 3.45. The van der Waals surface area contributed by atoms with Gasteiger partial charge in [0.05, 0.1) is 5.69 Å². The zero-order valence-electron chi connectivity index (χ0n) is 11.4. The minimum atomic E-state index is -0.351. The lowest BCUT2D eigenvalue weighted by Crippen LogP contribution is -2.27. The molecule has 106 valence electrons. The Bertz CT molecular complexity index is 548. The van der Waals surface area contributed by atoms with Crippen LogP contribution in [0.4, 0.5) is 10.2 Å². The molecule has 0 saturated carbocycles. The number of anilines is 1. The average molecular weight is 294 g/mol. The van der Waals surface area contributed by atoms with E-state index in [-0.39, 0.29) is 5.82 Å². The Labute approximate surface area is 123 Å². The van der Waals surface area contributed by atoms with Crippen molar-refractivity contribution in [2.45, 2.75) is 19.9 Å². The summed E-state index contributed by atoms with van der Waals surface area (Å²) in [6.07, 6.45) is 1.95. The van der Waals surface area contributed by atoms with Gasteiger partial charge in [0, 0.05) is 19.0 Å². The molecule has 0 amide bonds. The van der Waals surface area contributed by atoms with Gasteiger partial charge in [0.25, 0.3) is 0 Å². The molecule has 2 aromatic rings. The van der Waals surface area contributed by atoms with E-state index in [4.69, 9.17) is 11.6 Å². The van der Waals surface area contributed by atoms with Crippen molar-refractivity contribution in [1.82, 2.24) is 9.97 Å². The summed E-state index contributed by atoms with van der Waals surface area (Å²) in [5.74, 6) is 0.384. The van der Waals surface area contributed by atoms with Crippen LogP contribution < -0.4 is 4.90 Å². The molecule has 1 heterocycles. The smallest absolute Gasteiger partial charge is 0.187 e. The predicted octanol–water partition coefficient (Wildman–Crippen LogP) is 3.42. The highest BCUT2D eigenvalue weighted by Crippen LogP contribution is 2.20. The fourth-order valence-electron chi connectivity index (χ4n) is 2.03. The molecule has 0 atom stereocenters. The Balaban J connectivity index is 2.29. The molecule has 0 bridgehead atoms. The molecule has 0 fully saturated rings. The molecule has 5 heteroatoms. The van der Waals surface area contributed by atoms with E-state index in [0.29, 0.717) is 36.9 Å². The van der Waals surface area contributed by atoms with Gasteiger partial charge in [-0.1, -0.05) is 37.3 Å². The van der Waals surface area contributed by atoms with E-state index in [2.05, 4.69) is 9.97 Å². The molecule has 20 heavy (non-hydrogen) atoms. The lowest BCUT2D eigenvalue weighted by molar-refractivity contribution is 0.583. The molecule has 0 unspecified atom stereocenters. The minimum Gasteiger partial charge on any atom is -0.349 e. The molecule has 0 N–H and O–H groups in total. The molecular weight excluding hydrogens is 277 g/mol. The number of hydrogen-bond donors (Lipinski definition) is 0. The second-order valence-electron chi connectivity index (χ2n) is 4.41. The molecular formula is C15H17ClFN3. The van der Waals surface area contributed by atoms with Gasteiger partial charge in [-0.2, -0.15) is 0 Å². The van der Waals surface area contributed by atoms with Gasteiger partial charge in [0.1, 0.15) is 6.33 Å². The Morgan fingerprint density at radius 1 is 1.20 bits per heavy atom. The highest BCUT2D eigenvalue weighted by atomic mass is 35.5. The molecule has 3 nitrogen and oxygen atoms in total. The van der Waals surface area contributed by atoms with Gasteiger partial charge >= 0.3 is 0 Å². The van der Waals surface area contributed by atoms with E-state index >= 15 is 0 Å². The summed E-state index contributed by atoms with van der Waals surface area (Å²) < 4.78 is 14.3. The first-order valence-electron chi connectivity index (χ1n) is 6.60. The van der Waals surface area contributed by atoms with E-state index in [1.807, 2.05) is 42.2 Å². The van der Waals surface area contributed by atoms with Crippen LogP contribution in [0.1, 0.15) is 18.2 Å². The topological polar surface area (TPSA) is 29.0 Å². The van der Waals surface area contributed by atoms with Crippen molar-refractivity contribution in [3.05, 3.63) is 53.7 Å². The molecule has 1 aromatic carbocycles. The van der Waals surface area contributed by atoms with Gasteiger partial charge in [-0.3, -0.25) is 0 Å². The second kappa shape index (κ2) is 7.20. The first kappa shape index (κ1) is 14.7. The number of aromatic nitrogens is 2. The van der Waals surface area contributed by atoms with Gasteiger partial charge in [0.2, 0.25) is 0 Å². The SMILES string of the molecule is CCc1ncnc(N(CCCl)Cc2ccccc2)c1F. The van der Waals surface area contributed by atoms with Gasteiger partial charge in [0.15, 0.2) is 11.6 Å². The first-order chi connectivity index (χ1) is 9.76. The van der Waals surface area contributed by atoms with Crippen LogP contribution in [0.25, 0.3) is 0 Å². The van der Waals surface area contributed by atoms with Gasteiger partial charge < -0.3 is 4.90 Å². The number of halogens is 2. The predicted molar refractivity (Wildman–Crippen MR) is 79.6 cm³/mol. The van der Waals surface area contributed by atoms with E-state index in [1.165, 1.54) is 6.33 Å². The van der Waals surface area contributed by atoms with E-state index < -0.39 is 0 Å². The molecule has 1 aromatic heterocycles. The maximum absolute atomic E-state index is 14.3.